The number of nitrogens with zero attached hydrogens (tertiary/aromatic N) is 1. The van der Waals surface area contributed by atoms with Crippen LogP contribution in [0.25, 0.3) is 0 Å². The molecule has 1 atom stereocenters. The van der Waals surface area contributed by atoms with Crippen LogP contribution in [0.15, 0.2) is 11.8 Å². The van der Waals surface area contributed by atoms with E-state index in [1.807, 2.05) is 6.92 Å². The highest BCUT2D eigenvalue weighted by Gasteiger charge is 2.19. The summed E-state index contributed by atoms with van der Waals surface area (Å²) in [5.41, 5.74) is 0.622. The smallest absolute Gasteiger partial charge is 0.335 e. The van der Waals surface area contributed by atoms with E-state index < -0.39 is 0 Å². The highest BCUT2D eigenvalue weighted by Crippen LogP contribution is 2.12. The topological polar surface area (TPSA) is 41.6 Å². The summed E-state index contributed by atoms with van der Waals surface area (Å²) in [6.07, 6.45) is 4.45. The average molecular weight is 212 g/mol. The van der Waals surface area contributed by atoms with E-state index >= 15 is 0 Å². The summed E-state index contributed by atoms with van der Waals surface area (Å²) in [6, 6.07) is 0. The summed E-state index contributed by atoms with van der Waals surface area (Å²) in [6.45, 7) is 5.11. The molecule has 0 amide bonds. The minimum absolute atomic E-state index is 0.245. The van der Waals surface area contributed by atoms with E-state index in [0.717, 1.165) is 13.0 Å². The lowest BCUT2D eigenvalue weighted by Gasteiger charge is -2.19. The Morgan fingerprint density at radius 2 is 2.40 bits per heavy atom. The van der Waals surface area contributed by atoms with Crippen LogP contribution >= 0.6 is 0 Å². The van der Waals surface area contributed by atoms with Gasteiger partial charge >= 0.3 is 5.97 Å². The minimum Gasteiger partial charge on any atom is -0.463 e. The van der Waals surface area contributed by atoms with E-state index in [1.165, 1.54) is 6.42 Å². The molecule has 1 unspecified atom stereocenters. The minimum atomic E-state index is -0.245. The Labute approximate surface area is 91.3 Å². The van der Waals surface area contributed by atoms with E-state index in [-0.39, 0.29) is 5.97 Å². The highest BCUT2D eigenvalue weighted by atomic mass is 16.5. The summed E-state index contributed by atoms with van der Waals surface area (Å²) >= 11 is 0. The van der Waals surface area contributed by atoms with Crippen LogP contribution in [0, 0.1) is 0 Å². The van der Waals surface area contributed by atoms with Crippen LogP contribution in [0.3, 0.4) is 0 Å². The summed E-state index contributed by atoms with van der Waals surface area (Å²) in [5.74, 6) is -0.245. The van der Waals surface area contributed by atoms with Crippen molar-refractivity contribution < 1.29 is 9.53 Å². The van der Waals surface area contributed by atoms with Gasteiger partial charge in [0.05, 0.1) is 12.8 Å². The molecule has 1 fully saturated rings. The largest absolute Gasteiger partial charge is 0.463 e. The number of carbonyl (C=O) groups excluding carboxylic acids is 1. The molecule has 0 aliphatic carbocycles. The van der Waals surface area contributed by atoms with Gasteiger partial charge in [-0.1, -0.05) is 0 Å². The normalized spacial score (nSPS) is 22.9. The molecule has 0 aromatic heterocycles. The molecule has 1 heterocycles. The predicted octanol–water partition coefficient (Wildman–Crippen LogP) is 1.09. The van der Waals surface area contributed by atoms with Crippen LogP contribution in [-0.2, 0) is 9.53 Å². The standard InChI is InChI=1S/C11H20N2O2/c1-4-15-11(14)9(2)8-12-10-6-5-7-13(10)3/h8,10,12H,4-7H2,1-3H3/b9-8+. The zero-order valence-corrected chi connectivity index (χ0v) is 9.75. The fraction of sp³-hybridized carbons (Fsp3) is 0.727. The molecule has 1 rings (SSSR count). The molecular formula is C11H20N2O2. The van der Waals surface area contributed by atoms with Crippen molar-refractivity contribution in [2.75, 3.05) is 20.2 Å². The maximum atomic E-state index is 11.3. The Bertz CT molecular complexity index is 251. The molecule has 1 N–H and O–H groups in total. The zero-order valence-electron chi connectivity index (χ0n) is 9.75. The molecule has 86 valence electrons. The number of likely N-dealkylation sites (tertiary alicyclic amines) is 1. The lowest BCUT2D eigenvalue weighted by Crippen LogP contribution is -2.36. The van der Waals surface area contributed by atoms with E-state index in [4.69, 9.17) is 4.74 Å². The lowest BCUT2D eigenvalue weighted by molar-refractivity contribution is -0.138. The van der Waals surface area contributed by atoms with Crippen molar-refractivity contribution in [2.45, 2.75) is 32.9 Å². The van der Waals surface area contributed by atoms with E-state index in [1.54, 1.807) is 13.1 Å². The van der Waals surface area contributed by atoms with Gasteiger partial charge in [0, 0.05) is 11.8 Å². The van der Waals surface area contributed by atoms with Crippen LogP contribution < -0.4 is 5.32 Å². The molecule has 1 aliphatic heterocycles. The number of ether oxygens (including phenoxy) is 1. The van der Waals surface area contributed by atoms with Crippen molar-refractivity contribution >= 4 is 5.97 Å². The highest BCUT2D eigenvalue weighted by molar-refractivity contribution is 5.87. The molecule has 0 saturated carbocycles. The maximum absolute atomic E-state index is 11.3. The van der Waals surface area contributed by atoms with E-state index in [0.29, 0.717) is 18.3 Å². The van der Waals surface area contributed by atoms with Gasteiger partial charge in [0.25, 0.3) is 0 Å². The molecule has 0 radical (unpaired) electrons. The maximum Gasteiger partial charge on any atom is 0.335 e. The molecule has 4 nitrogen and oxygen atoms in total. The Balaban J connectivity index is 2.39. The fourth-order valence-electron chi connectivity index (χ4n) is 1.65. The molecule has 0 aromatic rings. The van der Waals surface area contributed by atoms with Gasteiger partial charge in [-0.25, -0.2) is 4.79 Å². The Hall–Kier alpha value is -1.03. The van der Waals surface area contributed by atoms with Gasteiger partial charge < -0.3 is 10.1 Å². The molecule has 0 bridgehead atoms. The van der Waals surface area contributed by atoms with E-state index in [2.05, 4.69) is 17.3 Å². The Morgan fingerprint density at radius 1 is 1.67 bits per heavy atom. The van der Waals surface area contributed by atoms with Crippen molar-refractivity contribution in [3.8, 4) is 0 Å². The summed E-state index contributed by atoms with van der Waals surface area (Å²) in [5, 5.41) is 3.23. The van der Waals surface area contributed by atoms with Crippen molar-refractivity contribution in [1.29, 1.82) is 0 Å². The van der Waals surface area contributed by atoms with Gasteiger partial charge in [0.1, 0.15) is 0 Å². The predicted molar refractivity (Wildman–Crippen MR) is 59.2 cm³/mol. The van der Waals surface area contributed by atoms with Gasteiger partial charge in [0.15, 0.2) is 0 Å². The first kappa shape index (κ1) is 12.0. The number of nitrogens with one attached hydrogen (secondary N) is 1. The molecule has 0 aromatic carbocycles. The number of rotatable bonds is 4. The SMILES string of the molecule is CCOC(=O)/C(C)=C/NC1CCCN1C. The molecular weight excluding hydrogens is 192 g/mol. The van der Waals surface area contributed by atoms with Crippen LogP contribution in [0.4, 0.5) is 0 Å². The van der Waals surface area contributed by atoms with Crippen LogP contribution in [0.2, 0.25) is 0 Å². The van der Waals surface area contributed by atoms with Gasteiger partial charge in [-0.2, -0.15) is 0 Å². The molecule has 0 spiro atoms. The van der Waals surface area contributed by atoms with Crippen molar-refractivity contribution in [3.63, 3.8) is 0 Å². The second-order valence-electron chi connectivity index (χ2n) is 3.85. The second kappa shape index (κ2) is 5.75. The first-order chi connectivity index (χ1) is 7.15. The van der Waals surface area contributed by atoms with Crippen LogP contribution in [0.5, 0.6) is 0 Å². The van der Waals surface area contributed by atoms with Gasteiger partial charge in [0.2, 0.25) is 0 Å². The average Bonchev–Trinajstić information content (AvgIpc) is 2.61. The number of carbonyl (C=O) groups is 1. The monoisotopic (exact) mass is 212 g/mol. The number of esters is 1. The zero-order chi connectivity index (χ0) is 11.3. The lowest BCUT2D eigenvalue weighted by atomic mass is 10.3. The third-order valence-electron chi connectivity index (χ3n) is 2.61. The third kappa shape index (κ3) is 3.55. The van der Waals surface area contributed by atoms with E-state index in [9.17, 15) is 4.79 Å². The van der Waals surface area contributed by atoms with Crippen molar-refractivity contribution in [1.82, 2.24) is 10.2 Å². The number of hydrogen-bond donors (Lipinski definition) is 1. The molecule has 1 aliphatic rings. The second-order valence-corrected chi connectivity index (χ2v) is 3.85. The first-order valence-electron chi connectivity index (χ1n) is 5.45. The summed E-state index contributed by atoms with van der Waals surface area (Å²) in [7, 11) is 2.08. The molecule has 1 saturated heterocycles. The van der Waals surface area contributed by atoms with Crippen LogP contribution in [-0.4, -0.2) is 37.2 Å². The summed E-state index contributed by atoms with van der Waals surface area (Å²) in [4.78, 5) is 13.5. The van der Waals surface area contributed by atoms with Crippen molar-refractivity contribution in [3.05, 3.63) is 11.8 Å². The number of hydrogen-bond acceptors (Lipinski definition) is 4. The fourth-order valence-corrected chi connectivity index (χ4v) is 1.65. The van der Waals surface area contributed by atoms with Gasteiger partial charge in [-0.15, -0.1) is 0 Å². The van der Waals surface area contributed by atoms with Gasteiger partial charge in [-0.05, 0) is 40.3 Å². The van der Waals surface area contributed by atoms with Crippen LogP contribution in [0.1, 0.15) is 26.7 Å². The molecule has 4 heteroatoms. The Morgan fingerprint density at radius 3 is 2.93 bits per heavy atom. The Kier molecular flexibility index (Phi) is 4.62. The molecule has 15 heavy (non-hydrogen) atoms. The van der Waals surface area contributed by atoms with Crippen molar-refractivity contribution in [2.24, 2.45) is 0 Å². The quantitative estimate of drug-likeness (QED) is 0.559. The summed E-state index contributed by atoms with van der Waals surface area (Å²) < 4.78 is 4.88. The van der Waals surface area contributed by atoms with Gasteiger partial charge in [-0.3, -0.25) is 4.90 Å². The first-order valence-corrected chi connectivity index (χ1v) is 5.45. The third-order valence-corrected chi connectivity index (χ3v) is 2.61.